The smallest absolute Gasteiger partial charge is 0.305 e. The second-order valence-electron chi connectivity index (χ2n) is 8.83. The van der Waals surface area contributed by atoms with Gasteiger partial charge in [0.1, 0.15) is 0 Å². The van der Waals surface area contributed by atoms with Crippen LogP contribution in [0.2, 0.25) is 0 Å². The predicted octanol–water partition coefficient (Wildman–Crippen LogP) is 5.79. The van der Waals surface area contributed by atoms with Gasteiger partial charge in [-0.05, 0) is 78.6 Å². The maximum Gasteiger partial charge on any atom is 0.305 e. The van der Waals surface area contributed by atoms with Crippen molar-refractivity contribution in [2.45, 2.75) is 75.8 Å². The SMILES string of the molecule is CCOC(=O)CCCCCCCC(C)NC1c2ccccc2N(C)S(=O)(=O)c2cc(I)ccc21. The Kier molecular flexibility index (Phi) is 9.79. The fourth-order valence-corrected chi connectivity index (χ4v) is 6.65. The maximum atomic E-state index is 13.4. The molecule has 34 heavy (non-hydrogen) atoms. The van der Waals surface area contributed by atoms with E-state index < -0.39 is 10.0 Å². The first-order valence-electron chi connectivity index (χ1n) is 12.0. The Labute approximate surface area is 217 Å². The number of benzene rings is 2. The number of halogens is 1. The number of carbonyl (C=O) groups excluding carboxylic acids is 1. The van der Waals surface area contributed by atoms with Gasteiger partial charge in [0.05, 0.1) is 23.2 Å². The van der Waals surface area contributed by atoms with Gasteiger partial charge in [0.15, 0.2) is 0 Å². The molecule has 0 spiro atoms. The monoisotopic (exact) mass is 598 g/mol. The van der Waals surface area contributed by atoms with Crippen molar-refractivity contribution in [2.75, 3.05) is 18.0 Å². The van der Waals surface area contributed by atoms with E-state index in [-0.39, 0.29) is 18.1 Å². The highest BCUT2D eigenvalue weighted by Gasteiger charge is 2.35. The van der Waals surface area contributed by atoms with Gasteiger partial charge in [-0.1, -0.05) is 49.9 Å². The Bertz CT molecular complexity index is 1090. The minimum absolute atomic E-state index is 0.105. The molecule has 0 radical (unpaired) electrons. The number of hydrogen-bond donors (Lipinski definition) is 1. The van der Waals surface area contributed by atoms with Gasteiger partial charge in [-0.3, -0.25) is 9.10 Å². The lowest BCUT2D eigenvalue weighted by Gasteiger charge is -2.25. The molecule has 0 saturated carbocycles. The second kappa shape index (κ2) is 12.4. The Morgan fingerprint density at radius 3 is 2.56 bits per heavy atom. The van der Waals surface area contributed by atoms with Crippen LogP contribution in [0.4, 0.5) is 5.69 Å². The Morgan fingerprint density at radius 2 is 1.79 bits per heavy atom. The van der Waals surface area contributed by atoms with Crippen LogP contribution >= 0.6 is 22.6 Å². The van der Waals surface area contributed by atoms with Crippen molar-refractivity contribution in [3.63, 3.8) is 0 Å². The number of anilines is 1. The number of para-hydroxylation sites is 1. The van der Waals surface area contributed by atoms with Crippen LogP contribution < -0.4 is 9.62 Å². The third kappa shape index (κ3) is 6.51. The molecule has 0 amide bonds. The van der Waals surface area contributed by atoms with Crippen LogP contribution in [0.3, 0.4) is 0 Å². The summed E-state index contributed by atoms with van der Waals surface area (Å²) in [5.74, 6) is -0.105. The number of sulfonamides is 1. The van der Waals surface area contributed by atoms with Crippen molar-refractivity contribution >= 4 is 44.3 Å². The van der Waals surface area contributed by atoms with Gasteiger partial charge in [-0.25, -0.2) is 8.42 Å². The highest BCUT2D eigenvalue weighted by molar-refractivity contribution is 14.1. The zero-order valence-electron chi connectivity index (χ0n) is 20.2. The fourth-order valence-electron chi connectivity index (χ4n) is 4.46. The number of hydrogen-bond acceptors (Lipinski definition) is 5. The molecule has 1 N–H and O–H groups in total. The quantitative estimate of drug-likeness (QED) is 0.201. The zero-order chi connectivity index (χ0) is 24.7. The summed E-state index contributed by atoms with van der Waals surface area (Å²) in [6.07, 6.45) is 6.71. The van der Waals surface area contributed by atoms with Crippen LogP contribution in [0.25, 0.3) is 0 Å². The molecular weight excluding hydrogens is 563 g/mol. The van der Waals surface area contributed by atoms with E-state index >= 15 is 0 Å². The van der Waals surface area contributed by atoms with Gasteiger partial charge in [-0.15, -0.1) is 0 Å². The van der Waals surface area contributed by atoms with Crippen LogP contribution in [0, 0.1) is 3.57 Å². The van der Waals surface area contributed by atoms with E-state index in [1.54, 1.807) is 13.1 Å². The highest BCUT2D eigenvalue weighted by atomic mass is 127. The molecule has 8 heteroatoms. The topological polar surface area (TPSA) is 75.7 Å². The second-order valence-corrected chi connectivity index (χ2v) is 12.0. The number of rotatable bonds is 11. The standard InChI is InChI=1S/C26H35IN2O4S/c1-4-33-25(30)15-9-7-5-6-8-12-19(2)28-26-21-13-10-11-14-23(21)29(3)34(31,32)24-18-20(27)16-17-22(24)26/h10-11,13-14,16-19,26,28H,4-9,12,15H2,1-3H3. The molecule has 1 heterocycles. The minimum Gasteiger partial charge on any atom is -0.466 e. The molecule has 0 aliphatic carbocycles. The summed E-state index contributed by atoms with van der Waals surface area (Å²) < 4.78 is 34.1. The Morgan fingerprint density at radius 1 is 1.09 bits per heavy atom. The molecule has 2 unspecified atom stereocenters. The molecule has 0 saturated heterocycles. The first-order chi connectivity index (χ1) is 16.3. The molecule has 186 valence electrons. The van der Waals surface area contributed by atoms with Crippen molar-refractivity contribution in [3.8, 4) is 0 Å². The summed E-state index contributed by atoms with van der Waals surface area (Å²) in [4.78, 5) is 11.8. The lowest BCUT2D eigenvalue weighted by molar-refractivity contribution is -0.143. The third-order valence-electron chi connectivity index (χ3n) is 6.29. The van der Waals surface area contributed by atoms with Gasteiger partial charge in [-0.2, -0.15) is 0 Å². The van der Waals surface area contributed by atoms with Crippen molar-refractivity contribution in [2.24, 2.45) is 0 Å². The lowest BCUT2D eigenvalue weighted by Crippen LogP contribution is -2.31. The molecule has 1 aliphatic rings. The van der Waals surface area contributed by atoms with Gasteiger partial charge in [0.2, 0.25) is 0 Å². The summed E-state index contributed by atoms with van der Waals surface area (Å²) in [5.41, 5.74) is 2.47. The number of unbranched alkanes of at least 4 members (excludes halogenated alkanes) is 4. The van der Waals surface area contributed by atoms with Crippen molar-refractivity contribution in [3.05, 3.63) is 57.2 Å². The number of nitrogens with zero attached hydrogens (tertiary/aromatic N) is 1. The molecule has 0 aromatic heterocycles. The molecule has 0 fully saturated rings. The van der Waals surface area contributed by atoms with Crippen LogP contribution in [0.1, 0.15) is 76.0 Å². The van der Waals surface area contributed by atoms with Crippen LogP contribution in [-0.2, 0) is 19.6 Å². The van der Waals surface area contributed by atoms with Gasteiger partial charge in [0, 0.05) is 23.1 Å². The van der Waals surface area contributed by atoms with E-state index in [2.05, 4.69) is 34.8 Å². The fraction of sp³-hybridized carbons (Fsp3) is 0.500. The summed E-state index contributed by atoms with van der Waals surface area (Å²) >= 11 is 2.17. The maximum absolute atomic E-state index is 13.4. The number of carbonyl (C=O) groups is 1. The number of nitrogens with one attached hydrogen (secondary N) is 1. The minimum atomic E-state index is -3.65. The average Bonchev–Trinajstić information content (AvgIpc) is 2.87. The van der Waals surface area contributed by atoms with Gasteiger partial charge >= 0.3 is 5.97 Å². The van der Waals surface area contributed by atoms with Crippen molar-refractivity contribution < 1.29 is 17.9 Å². The van der Waals surface area contributed by atoms with Crippen LogP contribution in [0.5, 0.6) is 0 Å². The molecule has 1 aliphatic heterocycles. The van der Waals surface area contributed by atoms with E-state index in [0.717, 1.165) is 53.2 Å². The molecule has 2 aromatic rings. The summed E-state index contributed by atoms with van der Waals surface area (Å²) in [6.45, 7) is 4.44. The number of fused-ring (bicyclic) bond motifs is 2. The van der Waals surface area contributed by atoms with E-state index in [9.17, 15) is 13.2 Å². The lowest BCUT2D eigenvalue weighted by atomic mass is 9.95. The normalized spacial score (nSPS) is 17.4. The van der Waals surface area contributed by atoms with Gasteiger partial charge in [0.25, 0.3) is 10.0 Å². The summed E-state index contributed by atoms with van der Waals surface area (Å²) in [6, 6.07) is 13.4. The van der Waals surface area contributed by atoms with E-state index in [4.69, 9.17) is 4.74 Å². The van der Waals surface area contributed by atoms with E-state index in [1.165, 1.54) is 4.31 Å². The highest BCUT2D eigenvalue weighted by Crippen LogP contribution is 2.40. The van der Waals surface area contributed by atoms with E-state index in [0.29, 0.717) is 23.6 Å². The molecular formula is C26H35IN2O4S. The third-order valence-corrected chi connectivity index (χ3v) is 8.78. The van der Waals surface area contributed by atoms with Gasteiger partial charge < -0.3 is 10.1 Å². The number of esters is 1. The Hall–Kier alpha value is -1.65. The molecule has 2 atom stereocenters. The Balaban J connectivity index is 1.66. The average molecular weight is 599 g/mol. The summed E-state index contributed by atoms with van der Waals surface area (Å²) in [5, 5.41) is 3.73. The van der Waals surface area contributed by atoms with Crippen molar-refractivity contribution in [1.29, 1.82) is 0 Å². The molecule has 3 rings (SSSR count). The van der Waals surface area contributed by atoms with E-state index in [1.807, 2.05) is 43.3 Å². The summed E-state index contributed by atoms with van der Waals surface area (Å²) in [7, 11) is -2.02. The molecule has 2 aromatic carbocycles. The van der Waals surface area contributed by atoms with Crippen LogP contribution in [0.15, 0.2) is 47.4 Å². The predicted molar refractivity (Wildman–Crippen MR) is 145 cm³/mol. The van der Waals surface area contributed by atoms with Crippen LogP contribution in [-0.4, -0.2) is 34.1 Å². The van der Waals surface area contributed by atoms with Crippen molar-refractivity contribution in [1.82, 2.24) is 5.32 Å². The molecule has 0 bridgehead atoms. The molecule has 6 nitrogen and oxygen atoms in total. The zero-order valence-corrected chi connectivity index (χ0v) is 23.2. The number of ether oxygens (including phenoxy) is 1. The first-order valence-corrected chi connectivity index (χ1v) is 14.6. The first kappa shape index (κ1) is 26.9. The largest absolute Gasteiger partial charge is 0.466 e.